The Hall–Kier alpha value is -1.39. The SMILES string of the molecule is O=C(c1csc2ccccc12)N(CCO)C1CCCC1. The first kappa shape index (κ1) is 13.6. The third kappa shape index (κ3) is 2.45. The maximum atomic E-state index is 12.8. The fourth-order valence-electron chi connectivity index (χ4n) is 3.07. The van der Waals surface area contributed by atoms with E-state index < -0.39 is 0 Å². The smallest absolute Gasteiger partial charge is 0.255 e. The van der Waals surface area contributed by atoms with Gasteiger partial charge in [0.25, 0.3) is 5.91 Å². The van der Waals surface area contributed by atoms with Crippen LogP contribution < -0.4 is 0 Å². The number of hydrogen-bond donors (Lipinski definition) is 1. The lowest BCUT2D eigenvalue weighted by molar-refractivity contribution is 0.0640. The summed E-state index contributed by atoms with van der Waals surface area (Å²) >= 11 is 1.61. The van der Waals surface area contributed by atoms with E-state index in [1.807, 2.05) is 34.5 Å². The molecule has 1 N–H and O–H groups in total. The van der Waals surface area contributed by atoms with Crippen molar-refractivity contribution in [2.24, 2.45) is 0 Å². The van der Waals surface area contributed by atoms with Crippen LogP contribution in [0.3, 0.4) is 0 Å². The molecular formula is C16H19NO2S. The van der Waals surface area contributed by atoms with Crippen LogP contribution in [0, 0.1) is 0 Å². The maximum Gasteiger partial charge on any atom is 0.255 e. The molecule has 1 fully saturated rings. The molecule has 20 heavy (non-hydrogen) atoms. The third-order valence-electron chi connectivity index (χ3n) is 4.08. The van der Waals surface area contributed by atoms with Crippen LogP contribution in [0.1, 0.15) is 36.0 Å². The van der Waals surface area contributed by atoms with Gasteiger partial charge in [-0.1, -0.05) is 31.0 Å². The predicted molar refractivity (Wildman–Crippen MR) is 82.2 cm³/mol. The van der Waals surface area contributed by atoms with Crippen LogP contribution in [0.4, 0.5) is 0 Å². The van der Waals surface area contributed by atoms with Gasteiger partial charge in [-0.25, -0.2) is 0 Å². The van der Waals surface area contributed by atoms with Crippen molar-refractivity contribution in [3.8, 4) is 0 Å². The van der Waals surface area contributed by atoms with E-state index in [0.717, 1.165) is 28.5 Å². The van der Waals surface area contributed by atoms with Gasteiger partial charge in [-0.3, -0.25) is 4.79 Å². The molecule has 0 bridgehead atoms. The molecule has 3 rings (SSSR count). The molecule has 0 unspecified atom stereocenters. The summed E-state index contributed by atoms with van der Waals surface area (Å²) in [4.78, 5) is 14.7. The summed E-state index contributed by atoms with van der Waals surface area (Å²) in [5.74, 6) is 0.0726. The summed E-state index contributed by atoms with van der Waals surface area (Å²) in [6.45, 7) is 0.470. The minimum Gasteiger partial charge on any atom is -0.395 e. The van der Waals surface area contributed by atoms with Crippen molar-refractivity contribution in [2.75, 3.05) is 13.2 Å². The number of nitrogens with zero attached hydrogens (tertiary/aromatic N) is 1. The molecule has 0 radical (unpaired) electrons. The van der Waals surface area contributed by atoms with Crippen molar-refractivity contribution < 1.29 is 9.90 Å². The van der Waals surface area contributed by atoms with Crippen LogP contribution in [0.2, 0.25) is 0 Å². The molecule has 1 amide bonds. The molecule has 3 nitrogen and oxygen atoms in total. The average Bonchev–Trinajstić information content (AvgIpc) is 3.13. The lowest BCUT2D eigenvalue weighted by Gasteiger charge is -2.28. The molecule has 1 saturated carbocycles. The molecule has 0 atom stereocenters. The largest absolute Gasteiger partial charge is 0.395 e. The van der Waals surface area contributed by atoms with E-state index in [1.54, 1.807) is 11.3 Å². The maximum absolute atomic E-state index is 12.8. The number of amides is 1. The minimum atomic E-state index is 0.0321. The highest BCUT2D eigenvalue weighted by atomic mass is 32.1. The monoisotopic (exact) mass is 289 g/mol. The fraction of sp³-hybridized carbons (Fsp3) is 0.438. The Morgan fingerprint density at radius 3 is 2.80 bits per heavy atom. The first-order valence-electron chi connectivity index (χ1n) is 7.19. The van der Waals surface area contributed by atoms with Crippen molar-refractivity contribution in [3.63, 3.8) is 0 Å². The summed E-state index contributed by atoms with van der Waals surface area (Å²) < 4.78 is 1.14. The normalized spacial score (nSPS) is 15.8. The molecule has 1 aromatic carbocycles. The van der Waals surface area contributed by atoms with Gasteiger partial charge in [0, 0.05) is 28.1 Å². The van der Waals surface area contributed by atoms with Gasteiger partial charge >= 0.3 is 0 Å². The Labute approximate surface area is 122 Å². The number of carbonyl (C=O) groups excluding carboxylic acids is 1. The van der Waals surface area contributed by atoms with E-state index >= 15 is 0 Å². The molecule has 106 valence electrons. The number of aliphatic hydroxyl groups excluding tert-OH is 1. The molecule has 4 heteroatoms. The Kier molecular flexibility index (Phi) is 4.03. The van der Waals surface area contributed by atoms with Gasteiger partial charge in [0.05, 0.1) is 12.2 Å². The van der Waals surface area contributed by atoms with Gasteiger partial charge in [0.1, 0.15) is 0 Å². The van der Waals surface area contributed by atoms with Gasteiger partial charge < -0.3 is 10.0 Å². The number of fused-ring (bicyclic) bond motifs is 1. The summed E-state index contributed by atoms with van der Waals surface area (Å²) in [5.41, 5.74) is 0.783. The molecular weight excluding hydrogens is 270 g/mol. The van der Waals surface area contributed by atoms with Crippen LogP contribution in [0.15, 0.2) is 29.6 Å². The molecule has 1 aliphatic carbocycles. The van der Waals surface area contributed by atoms with Crippen molar-refractivity contribution >= 4 is 27.3 Å². The summed E-state index contributed by atoms with van der Waals surface area (Å²) in [6.07, 6.45) is 4.50. The average molecular weight is 289 g/mol. The number of benzene rings is 1. The highest BCUT2D eigenvalue weighted by molar-refractivity contribution is 7.17. The molecule has 0 spiro atoms. The summed E-state index contributed by atoms with van der Waals surface area (Å²) in [6, 6.07) is 8.31. The topological polar surface area (TPSA) is 40.5 Å². The lowest BCUT2D eigenvalue weighted by atomic mass is 10.1. The quantitative estimate of drug-likeness (QED) is 0.938. The van der Waals surface area contributed by atoms with Crippen LogP contribution >= 0.6 is 11.3 Å². The number of carbonyl (C=O) groups is 1. The highest BCUT2D eigenvalue weighted by Crippen LogP contribution is 2.30. The predicted octanol–water partition coefficient (Wildman–Crippen LogP) is 3.28. The fourth-order valence-corrected chi connectivity index (χ4v) is 4.01. The summed E-state index contributed by atoms with van der Waals surface area (Å²) in [5, 5.41) is 12.2. The van der Waals surface area contributed by atoms with Crippen molar-refractivity contribution in [2.45, 2.75) is 31.7 Å². The number of aliphatic hydroxyl groups is 1. The van der Waals surface area contributed by atoms with Crippen molar-refractivity contribution in [3.05, 3.63) is 35.2 Å². The minimum absolute atomic E-state index is 0.0321. The van der Waals surface area contributed by atoms with Crippen molar-refractivity contribution in [1.29, 1.82) is 0 Å². The first-order chi connectivity index (χ1) is 9.81. The molecule has 1 aliphatic rings. The molecule has 1 heterocycles. The zero-order valence-corrected chi connectivity index (χ0v) is 12.2. The van der Waals surface area contributed by atoms with Crippen LogP contribution in [0.5, 0.6) is 0 Å². The van der Waals surface area contributed by atoms with E-state index in [-0.39, 0.29) is 12.5 Å². The Morgan fingerprint density at radius 1 is 1.30 bits per heavy atom. The lowest BCUT2D eigenvalue weighted by Crippen LogP contribution is -2.40. The molecule has 0 saturated heterocycles. The Morgan fingerprint density at radius 2 is 2.05 bits per heavy atom. The Balaban J connectivity index is 1.92. The van der Waals surface area contributed by atoms with Gasteiger partial charge in [0.15, 0.2) is 0 Å². The van der Waals surface area contributed by atoms with Gasteiger partial charge in [0.2, 0.25) is 0 Å². The van der Waals surface area contributed by atoms with Crippen LogP contribution in [0.25, 0.3) is 10.1 Å². The van der Waals surface area contributed by atoms with E-state index in [2.05, 4.69) is 0 Å². The second-order valence-electron chi connectivity index (χ2n) is 5.31. The molecule has 2 aromatic rings. The van der Waals surface area contributed by atoms with Gasteiger partial charge in [-0.2, -0.15) is 0 Å². The third-order valence-corrected chi connectivity index (χ3v) is 5.04. The first-order valence-corrected chi connectivity index (χ1v) is 8.07. The molecule has 1 aromatic heterocycles. The van der Waals surface area contributed by atoms with E-state index in [9.17, 15) is 9.90 Å². The van der Waals surface area contributed by atoms with Crippen LogP contribution in [-0.4, -0.2) is 35.1 Å². The van der Waals surface area contributed by atoms with E-state index in [4.69, 9.17) is 0 Å². The standard InChI is InChI=1S/C16H19NO2S/c18-10-9-17(12-5-1-2-6-12)16(19)14-11-20-15-8-4-3-7-13(14)15/h3-4,7-8,11-12,18H,1-2,5-6,9-10H2. The van der Waals surface area contributed by atoms with Crippen LogP contribution in [-0.2, 0) is 0 Å². The Bertz CT molecular complexity index is 601. The number of rotatable bonds is 4. The molecule has 0 aliphatic heterocycles. The van der Waals surface area contributed by atoms with Gasteiger partial charge in [-0.15, -0.1) is 11.3 Å². The second-order valence-corrected chi connectivity index (χ2v) is 6.22. The second kappa shape index (κ2) is 5.94. The van der Waals surface area contributed by atoms with Crippen molar-refractivity contribution in [1.82, 2.24) is 4.90 Å². The van der Waals surface area contributed by atoms with E-state index in [0.29, 0.717) is 12.6 Å². The highest BCUT2D eigenvalue weighted by Gasteiger charge is 2.28. The zero-order chi connectivity index (χ0) is 13.9. The summed E-state index contributed by atoms with van der Waals surface area (Å²) in [7, 11) is 0. The van der Waals surface area contributed by atoms with Gasteiger partial charge in [-0.05, 0) is 18.9 Å². The van der Waals surface area contributed by atoms with E-state index in [1.165, 1.54) is 12.8 Å². The number of thiophene rings is 1. The number of hydrogen-bond acceptors (Lipinski definition) is 3. The zero-order valence-electron chi connectivity index (χ0n) is 11.4.